The largest absolute Gasteiger partial charge is 0.462 e. The minimum absolute atomic E-state index is 0.155. The monoisotopic (exact) mass is 313 g/mol. The Labute approximate surface area is 127 Å². The highest BCUT2D eigenvalue weighted by atomic mass is 35.5. The molecule has 0 aliphatic heterocycles. The van der Waals surface area contributed by atoms with Crippen LogP contribution in [0.25, 0.3) is 0 Å². The molecule has 0 aliphatic rings. The average molecular weight is 314 g/mol. The number of anilines is 1. The SMILES string of the molecule is CCOC(=O)C(=CNNc1ccc(Cl)cn1)C(=O)OCC. The Hall–Kier alpha value is -2.28. The van der Waals surface area contributed by atoms with Gasteiger partial charge >= 0.3 is 11.9 Å². The molecule has 7 nitrogen and oxygen atoms in total. The van der Waals surface area contributed by atoms with Crippen molar-refractivity contribution in [2.45, 2.75) is 13.8 Å². The maximum Gasteiger partial charge on any atom is 0.347 e. The number of carbonyl (C=O) groups excluding carboxylic acids is 2. The second-order valence-corrected chi connectivity index (χ2v) is 4.07. The van der Waals surface area contributed by atoms with Gasteiger partial charge in [-0.15, -0.1) is 0 Å². The predicted molar refractivity (Wildman–Crippen MR) is 77.4 cm³/mol. The summed E-state index contributed by atoms with van der Waals surface area (Å²) < 4.78 is 9.56. The van der Waals surface area contributed by atoms with Crippen molar-refractivity contribution in [1.82, 2.24) is 10.4 Å². The first kappa shape index (κ1) is 16.8. The summed E-state index contributed by atoms with van der Waals surface area (Å²) in [5.41, 5.74) is 5.02. The zero-order chi connectivity index (χ0) is 15.7. The first-order valence-electron chi connectivity index (χ1n) is 6.26. The standard InChI is InChI=1S/C13H16ClN3O4/c1-3-20-12(18)10(13(19)21-4-2)8-16-17-11-6-5-9(14)7-15-11/h5-8,16H,3-4H2,1-2H3,(H,15,17). The third-order valence-electron chi connectivity index (χ3n) is 2.13. The molecule has 0 unspecified atom stereocenters. The number of nitrogens with zero attached hydrogens (tertiary/aromatic N) is 1. The Bertz CT molecular complexity index is 497. The highest BCUT2D eigenvalue weighted by molar-refractivity contribution is 6.30. The maximum atomic E-state index is 11.7. The molecule has 21 heavy (non-hydrogen) atoms. The summed E-state index contributed by atoms with van der Waals surface area (Å²) in [5, 5.41) is 0.495. The topological polar surface area (TPSA) is 89.5 Å². The van der Waals surface area contributed by atoms with Gasteiger partial charge in [-0.05, 0) is 26.0 Å². The van der Waals surface area contributed by atoms with E-state index in [-0.39, 0.29) is 18.8 Å². The van der Waals surface area contributed by atoms with E-state index in [1.165, 1.54) is 6.20 Å². The summed E-state index contributed by atoms with van der Waals surface area (Å²) >= 11 is 5.70. The first-order valence-corrected chi connectivity index (χ1v) is 6.63. The molecule has 1 aromatic heterocycles. The molecule has 1 heterocycles. The fourth-order valence-electron chi connectivity index (χ4n) is 1.25. The smallest absolute Gasteiger partial charge is 0.347 e. The van der Waals surface area contributed by atoms with Crippen LogP contribution in [0.5, 0.6) is 0 Å². The molecule has 0 fully saturated rings. The molecule has 0 aromatic carbocycles. The normalized spacial score (nSPS) is 9.48. The van der Waals surface area contributed by atoms with E-state index >= 15 is 0 Å². The molecule has 0 amide bonds. The summed E-state index contributed by atoms with van der Waals surface area (Å²) in [6.45, 7) is 3.59. The van der Waals surface area contributed by atoms with Crippen LogP contribution in [0.15, 0.2) is 30.1 Å². The van der Waals surface area contributed by atoms with Gasteiger partial charge in [-0.1, -0.05) is 11.6 Å². The number of rotatable bonds is 7. The van der Waals surface area contributed by atoms with Crippen LogP contribution in [0.4, 0.5) is 5.82 Å². The van der Waals surface area contributed by atoms with E-state index in [0.717, 1.165) is 6.20 Å². The van der Waals surface area contributed by atoms with Gasteiger partial charge in [-0.2, -0.15) is 0 Å². The van der Waals surface area contributed by atoms with E-state index in [1.807, 2.05) is 0 Å². The second kappa shape index (κ2) is 8.80. The summed E-state index contributed by atoms with van der Waals surface area (Å²) in [7, 11) is 0. The molecule has 0 atom stereocenters. The van der Waals surface area contributed by atoms with Crippen molar-refractivity contribution in [2.24, 2.45) is 0 Å². The number of ether oxygens (including phenoxy) is 2. The van der Waals surface area contributed by atoms with Crippen molar-refractivity contribution in [3.63, 3.8) is 0 Å². The summed E-state index contributed by atoms with van der Waals surface area (Å²) in [4.78, 5) is 27.3. The molecule has 1 rings (SSSR count). The fraction of sp³-hybridized carbons (Fsp3) is 0.308. The number of pyridine rings is 1. The minimum atomic E-state index is -0.769. The van der Waals surface area contributed by atoms with Crippen molar-refractivity contribution in [2.75, 3.05) is 18.6 Å². The van der Waals surface area contributed by atoms with Crippen LogP contribution < -0.4 is 10.9 Å². The van der Waals surface area contributed by atoms with Gasteiger partial charge in [0.15, 0.2) is 5.57 Å². The van der Waals surface area contributed by atoms with E-state index in [4.69, 9.17) is 21.1 Å². The Morgan fingerprint density at radius 1 is 1.24 bits per heavy atom. The van der Waals surface area contributed by atoms with Crippen LogP contribution in [0, 0.1) is 0 Å². The van der Waals surface area contributed by atoms with Crippen molar-refractivity contribution < 1.29 is 19.1 Å². The number of hydrogen-bond acceptors (Lipinski definition) is 7. The molecule has 0 radical (unpaired) electrons. The molecule has 8 heteroatoms. The lowest BCUT2D eigenvalue weighted by atomic mass is 10.3. The third-order valence-corrected chi connectivity index (χ3v) is 2.36. The average Bonchev–Trinajstić information content (AvgIpc) is 2.46. The van der Waals surface area contributed by atoms with Gasteiger partial charge in [0.2, 0.25) is 0 Å². The first-order chi connectivity index (χ1) is 10.1. The van der Waals surface area contributed by atoms with E-state index in [0.29, 0.717) is 10.8 Å². The number of hydrazine groups is 1. The number of halogens is 1. The molecule has 1 aromatic rings. The van der Waals surface area contributed by atoms with Crippen LogP contribution in [0.2, 0.25) is 5.02 Å². The third kappa shape index (κ3) is 5.70. The molecule has 114 valence electrons. The van der Waals surface area contributed by atoms with Gasteiger partial charge in [0.05, 0.1) is 18.2 Å². The van der Waals surface area contributed by atoms with Gasteiger partial charge in [0.1, 0.15) is 5.82 Å². The van der Waals surface area contributed by atoms with Crippen molar-refractivity contribution in [1.29, 1.82) is 0 Å². The van der Waals surface area contributed by atoms with Crippen molar-refractivity contribution in [3.8, 4) is 0 Å². The van der Waals surface area contributed by atoms with Crippen molar-refractivity contribution >= 4 is 29.4 Å². The summed E-state index contributed by atoms with van der Waals surface area (Å²) in [6.07, 6.45) is 2.61. The molecular formula is C13H16ClN3O4. The Morgan fingerprint density at radius 3 is 2.33 bits per heavy atom. The molecule has 0 spiro atoms. The molecular weight excluding hydrogens is 298 g/mol. The lowest BCUT2D eigenvalue weighted by Gasteiger charge is -2.08. The Kier molecular flexibility index (Phi) is 7.03. The summed E-state index contributed by atoms with van der Waals surface area (Å²) in [5.74, 6) is -1.08. The quantitative estimate of drug-likeness (QED) is 0.260. The summed E-state index contributed by atoms with van der Waals surface area (Å²) in [6, 6.07) is 3.26. The molecule has 2 N–H and O–H groups in total. The van der Waals surface area contributed by atoms with E-state index in [9.17, 15) is 9.59 Å². The van der Waals surface area contributed by atoms with Gasteiger partial charge in [0.25, 0.3) is 0 Å². The Balaban J connectivity index is 2.71. The van der Waals surface area contributed by atoms with Crippen LogP contribution >= 0.6 is 11.6 Å². The van der Waals surface area contributed by atoms with E-state index in [1.54, 1.807) is 26.0 Å². The number of nitrogens with one attached hydrogen (secondary N) is 2. The molecule has 0 saturated heterocycles. The predicted octanol–water partition coefficient (Wildman–Crippen LogP) is 1.66. The molecule has 0 saturated carbocycles. The fourth-order valence-corrected chi connectivity index (χ4v) is 1.36. The van der Waals surface area contributed by atoms with E-state index in [2.05, 4.69) is 15.8 Å². The second-order valence-electron chi connectivity index (χ2n) is 3.63. The number of carbonyl (C=O) groups is 2. The lowest BCUT2D eigenvalue weighted by Crippen LogP contribution is -2.24. The van der Waals surface area contributed by atoms with Gasteiger partial charge in [0, 0.05) is 12.4 Å². The Morgan fingerprint density at radius 2 is 1.86 bits per heavy atom. The number of hydrogen-bond donors (Lipinski definition) is 2. The number of aromatic nitrogens is 1. The van der Waals surface area contributed by atoms with Gasteiger partial charge < -0.3 is 14.9 Å². The van der Waals surface area contributed by atoms with Crippen LogP contribution in [-0.2, 0) is 19.1 Å². The zero-order valence-corrected chi connectivity index (χ0v) is 12.4. The van der Waals surface area contributed by atoms with E-state index < -0.39 is 11.9 Å². The highest BCUT2D eigenvalue weighted by Crippen LogP contribution is 2.08. The maximum absolute atomic E-state index is 11.7. The van der Waals surface area contributed by atoms with Crippen molar-refractivity contribution in [3.05, 3.63) is 35.1 Å². The minimum Gasteiger partial charge on any atom is -0.462 e. The number of esters is 2. The van der Waals surface area contributed by atoms with Gasteiger partial charge in [-0.25, -0.2) is 14.6 Å². The van der Waals surface area contributed by atoms with Crippen LogP contribution in [0.3, 0.4) is 0 Å². The molecule has 0 aliphatic carbocycles. The van der Waals surface area contributed by atoms with Crippen LogP contribution in [0.1, 0.15) is 13.8 Å². The van der Waals surface area contributed by atoms with Gasteiger partial charge in [-0.3, -0.25) is 5.43 Å². The highest BCUT2D eigenvalue weighted by Gasteiger charge is 2.20. The lowest BCUT2D eigenvalue weighted by molar-refractivity contribution is -0.146. The van der Waals surface area contributed by atoms with Crippen LogP contribution in [-0.4, -0.2) is 30.1 Å². The zero-order valence-electron chi connectivity index (χ0n) is 11.7. The molecule has 0 bridgehead atoms.